The summed E-state index contributed by atoms with van der Waals surface area (Å²) in [7, 11) is 0. The van der Waals surface area contributed by atoms with Crippen molar-refractivity contribution in [2.24, 2.45) is 0 Å². The third-order valence-corrected chi connectivity index (χ3v) is 7.10. The number of anilines is 2. The number of urea groups is 1. The van der Waals surface area contributed by atoms with E-state index in [2.05, 4.69) is 5.32 Å². The summed E-state index contributed by atoms with van der Waals surface area (Å²) in [5.41, 5.74) is 2.57. The van der Waals surface area contributed by atoms with E-state index >= 15 is 0 Å². The van der Waals surface area contributed by atoms with Crippen LogP contribution in [-0.4, -0.2) is 29.1 Å². The largest absolute Gasteiger partial charge is 0.323 e. The first-order valence-electron chi connectivity index (χ1n) is 10.1. The maximum Gasteiger partial charge on any atom is 0.323 e. The van der Waals surface area contributed by atoms with Crippen LogP contribution in [-0.2, 0) is 16.2 Å². The number of rotatable bonds is 3. The number of hydrogen-bond donors (Lipinski definition) is 1. The Balaban J connectivity index is 1.50. The standard InChI is InChI=1S/C24H19F2N3O2S/c25-17-10-8-16(9-11-17)15-28-21-7-2-1-6-20(21)24(22(28)30)29(12-13-32-24)23(31)27-19-5-3-4-18(26)14-19/h1-11,14H,12-13,15H2,(H,27,31)/t24-/m0/s1. The second kappa shape index (κ2) is 7.94. The van der Waals surface area contributed by atoms with Gasteiger partial charge in [0, 0.05) is 23.5 Å². The second-order valence-corrected chi connectivity index (χ2v) is 8.91. The van der Waals surface area contributed by atoms with Gasteiger partial charge in [-0.3, -0.25) is 9.69 Å². The van der Waals surface area contributed by atoms with E-state index in [1.54, 1.807) is 23.1 Å². The van der Waals surface area contributed by atoms with Crippen LogP contribution in [0, 0.1) is 11.6 Å². The highest BCUT2D eigenvalue weighted by molar-refractivity contribution is 8.01. The van der Waals surface area contributed by atoms with Crippen molar-refractivity contribution in [2.75, 3.05) is 22.5 Å². The molecule has 5 rings (SSSR count). The Kier molecular flexibility index (Phi) is 5.09. The smallest absolute Gasteiger partial charge is 0.308 e. The normalized spacial score (nSPS) is 19.5. The Hall–Kier alpha value is -3.39. The summed E-state index contributed by atoms with van der Waals surface area (Å²) < 4.78 is 26.9. The average molecular weight is 451 g/mol. The fourth-order valence-corrected chi connectivity index (χ4v) is 5.72. The Morgan fingerprint density at radius 3 is 2.56 bits per heavy atom. The van der Waals surface area contributed by atoms with Gasteiger partial charge in [0.25, 0.3) is 5.91 Å². The number of para-hydroxylation sites is 1. The third kappa shape index (κ3) is 3.31. The van der Waals surface area contributed by atoms with Crippen LogP contribution in [0.3, 0.4) is 0 Å². The lowest BCUT2D eigenvalue weighted by Gasteiger charge is -2.33. The second-order valence-electron chi connectivity index (χ2n) is 7.62. The van der Waals surface area contributed by atoms with Crippen LogP contribution in [0.5, 0.6) is 0 Å². The molecule has 162 valence electrons. The highest BCUT2D eigenvalue weighted by Gasteiger charge is 2.59. The van der Waals surface area contributed by atoms with E-state index in [0.717, 1.165) is 16.8 Å². The van der Waals surface area contributed by atoms with Crippen molar-refractivity contribution in [3.8, 4) is 0 Å². The molecular formula is C24H19F2N3O2S. The maximum absolute atomic E-state index is 13.8. The summed E-state index contributed by atoms with van der Waals surface area (Å²) in [5.74, 6) is -0.438. The molecule has 1 atom stereocenters. The number of fused-ring (bicyclic) bond motifs is 2. The number of halogens is 2. The van der Waals surface area contributed by atoms with Gasteiger partial charge in [0.15, 0.2) is 4.87 Å². The Bertz CT molecular complexity index is 1200. The minimum atomic E-state index is -1.20. The lowest BCUT2D eigenvalue weighted by atomic mass is 10.1. The highest BCUT2D eigenvalue weighted by atomic mass is 32.2. The minimum absolute atomic E-state index is 0.222. The van der Waals surface area contributed by atoms with Gasteiger partial charge in [-0.05, 0) is 42.0 Å². The first-order chi connectivity index (χ1) is 15.5. The van der Waals surface area contributed by atoms with Crippen LogP contribution < -0.4 is 10.2 Å². The van der Waals surface area contributed by atoms with Crippen molar-refractivity contribution in [1.29, 1.82) is 0 Å². The number of benzene rings is 3. The number of carbonyl (C=O) groups excluding carboxylic acids is 2. The highest BCUT2D eigenvalue weighted by Crippen LogP contribution is 2.54. The number of nitrogens with one attached hydrogen (secondary N) is 1. The van der Waals surface area contributed by atoms with E-state index in [-0.39, 0.29) is 18.3 Å². The molecule has 0 aromatic heterocycles. The topological polar surface area (TPSA) is 52.7 Å². The molecule has 2 aliphatic heterocycles. The van der Waals surface area contributed by atoms with Gasteiger partial charge in [-0.15, -0.1) is 11.8 Å². The molecule has 32 heavy (non-hydrogen) atoms. The zero-order valence-corrected chi connectivity index (χ0v) is 17.7. The molecule has 1 saturated heterocycles. The predicted octanol–water partition coefficient (Wildman–Crippen LogP) is 4.95. The van der Waals surface area contributed by atoms with Gasteiger partial charge in [-0.1, -0.05) is 36.4 Å². The fraction of sp³-hybridized carbons (Fsp3) is 0.167. The molecule has 1 N–H and O–H groups in total. The molecule has 2 aliphatic rings. The Labute approximate surface area is 188 Å². The van der Waals surface area contributed by atoms with E-state index in [1.807, 2.05) is 24.3 Å². The summed E-state index contributed by atoms with van der Waals surface area (Å²) in [6.45, 7) is 0.633. The molecule has 3 aromatic rings. The van der Waals surface area contributed by atoms with Crippen LogP contribution in [0.25, 0.3) is 0 Å². The number of amides is 3. The van der Waals surface area contributed by atoms with Gasteiger partial charge < -0.3 is 10.2 Å². The molecule has 8 heteroatoms. The first-order valence-corrected chi connectivity index (χ1v) is 11.1. The lowest BCUT2D eigenvalue weighted by molar-refractivity contribution is -0.123. The SMILES string of the molecule is O=C(Nc1cccc(F)c1)N1CCS[C@@]12C(=O)N(Cc1ccc(F)cc1)c1ccccc12. The van der Waals surface area contributed by atoms with Crippen molar-refractivity contribution in [3.05, 3.63) is 95.6 Å². The third-order valence-electron chi connectivity index (χ3n) is 5.68. The van der Waals surface area contributed by atoms with Crippen molar-refractivity contribution in [3.63, 3.8) is 0 Å². The minimum Gasteiger partial charge on any atom is -0.308 e. The maximum atomic E-state index is 13.8. The number of thioether (sulfide) groups is 1. The van der Waals surface area contributed by atoms with Gasteiger partial charge in [0.1, 0.15) is 11.6 Å². The molecule has 0 radical (unpaired) electrons. The van der Waals surface area contributed by atoms with E-state index in [9.17, 15) is 18.4 Å². The summed E-state index contributed by atoms with van der Waals surface area (Å²) in [5, 5.41) is 2.72. The van der Waals surface area contributed by atoms with Crippen molar-refractivity contribution < 1.29 is 18.4 Å². The van der Waals surface area contributed by atoms with E-state index in [1.165, 1.54) is 47.0 Å². The molecule has 1 fully saturated rings. The molecular weight excluding hydrogens is 432 g/mol. The van der Waals surface area contributed by atoms with Crippen LogP contribution in [0.1, 0.15) is 11.1 Å². The van der Waals surface area contributed by atoms with Gasteiger partial charge in [0.05, 0.1) is 12.2 Å². The van der Waals surface area contributed by atoms with E-state index in [4.69, 9.17) is 0 Å². The van der Waals surface area contributed by atoms with Gasteiger partial charge in [-0.25, -0.2) is 13.6 Å². The molecule has 0 bridgehead atoms. The summed E-state index contributed by atoms with van der Waals surface area (Å²) in [6, 6.07) is 18.6. The molecule has 2 heterocycles. The predicted molar refractivity (Wildman–Crippen MR) is 120 cm³/mol. The molecule has 3 amide bonds. The fourth-order valence-electron chi connectivity index (χ4n) is 4.25. The van der Waals surface area contributed by atoms with Crippen LogP contribution in [0.2, 0.25) is 0 Å². The van der Waals surface area contributed by atoms with Crippen LogP contribution in [0.15, 0.2) is 72.8 Å². The van der Waals surface area contributed by atoms with Crippen LogP contribution in [0.4, 0.5) is 25.0 Å². The molecule has 0 saturated carbocycles. The van der Waals surface area contributed by atoms with Gasteiger partial charge in [-0.2, -0.15) is 0 Å². The number of carbonyl (C=O) groups is 2. The zero-order valence-electron chi connectivity index (χ0n) is 16.9. The molecule has 1 spiro atoms. The molecule has 0 unspecified atom stereocenters. The van der Waals surface area contributed by atoms with Gasteiger partial charge >= 0.3 is 6.03 Å². The monoisotopic (exact) mass is 451 g/mol. The van der Waals surface area contributed by atoms with E-state index in [0.29, 0.717) is 18.0 Å². The lowest BCUT2D eigenvalue weighted by Crippen LogP contribution is -2.51. The van der Waals surface area contributed by atoms with Crippen molar-refractivity contribution in [2.45, 2.75) is 11.4 Å². The first kappa shape index (κ1) is 20.5. The number of hydrogen-bond acceptors (Lipinski definition) is 3. The zero-order chi connectivity index (χ0) is 22.3. The molecule has 5 nitrogen and oxygen atoms in total. The van der Waals surface area contributed by atoms with E-state index < -0.39 is 16.7 Å². The van der Waals surface area contributed by atoms with Gasteiger partial charge in [0.2, 0.25) is 0 Å². The summed E-state index contributed by atoms with van der Waals surface area (Å²) in [4.78, 5) is 29.0. The van der Waals surface area contributed by atoms with Crippen LogP contribution >= 0.6 is 11.8 Å². The molecule has 0 aliphatic carbocycles. The average Bonchev–Trinajstić information content (AvgIpc) is 3.33. The Morgan fingerprint density at radius 1 is 1.00 bits per heavy atom. The van der Waals surface area contributed by atoms with Crippen molar-refractivity contribution in [1.82, 2.24) is 4.90 Å². The summed E-state index contributed by atoms with van der Waals surface area (Å²) >= 11 is 1.41. The molecule has 3 aromatic carbocycles. The summed E-state index contributed by atoms with van der Waals surface area (Å²) in [6.07, 6.45) is 0. The Morgan fingerprint density at radius 2 is 1.78 bits per heavy atom. The number of nitrogens with zero attached hydrogens (tertiary/aromatic N) is 2. The van der Waals surface area contributed by atoms with Crippen molar-refractivity contribution >= 4 is 35.1 Å². The quantitative estimate of drug-likeness (QED) is 0.613.